The second-order valence-electron chi connectivity index (χ2n) is 5.82. The topological polar surface area (TPSA) is 49.3 Å². The molecule has 1 fully saturated rings. The quantitative estimate of drug-likeness (QED) is 0.527. The van der Waals surface area contributed by atoms with Crippen LogP contribution in [0.3, 0.4) is 0 Å². The molecule has 0 radical (unpaired) electrons. The highest BCUT2D eigenvalue weighted by molar-refractivity contribution is 7.99. The highest BCUT2D eigenvalue weighted by atomic mass is 35.5. The second kappa shape index (κ2) is 7.52. The van der Waals surface area contributed by atoms with Crippen LogP contribution in [0.2, 0.25) is 5.02 Å². The predicted molar refractivity (Wildman–Crippen MR) is 88.2 cm³/mol. The van der Waals surface area contributed by atoms with Crippen molar-refractivity contribution in [3.8, 4) is 0 Å². The molecule has 3 nitrogen and oxygen atoms in total. The Hall–Kier alpha value is -0.710. The van der Waals surface area contributed by atoms with Crippen molar-refractivity contribution in [3.63, 3.8) is 0 Å². The van der Waals surface area contributed by atoms with Gasteiger partial charge in [-0.15, -0.1) is 11.8 Å². The molecule has 0 saturated heterocycles. The molecule has 1 aliphatic rings. The maximum Gasteiger partial charge on any atom is 0.323 e. The summed E-state index contributed by atoms with van der Waals surface area (Å²) >= 11 is 7.64. The first-order chi connectivity index (χ1) is 9.99. The molecule has 0 aromatic heterocycles. The maximum atomic E-state index is 11.4. The highest BCUT2D eigenvalue weighted by Crippen LogP contribution is 2.26. The number of carboxylic acids is 1. The monoisotopic (exact) mass is 327 g/mol. The number of benzene rings is 1. The summed E-state index contributed by atoms with van der Waals surface area (Å²) in [5.41, 5.74) is -0.772. The molecule has 21 heavy (non-hydrogen) atoms. The summed E-state index contributed by atoms with van der Waals surface area (Å²) in [6.07, 6.45) is 4.83. The van der Waals surface area contributed by atoms with Gasteiger partial charge in [0.05, 0.1) is 0 Å². The Labute approximate surface area is 135 Å². The minimum atomic E-state index is -0.772. The normalized spacial score (nSPS) is 17.4. The Balaban J connectivity index is 1.67. The summed E-state index contributed by atoms with van der Waals surface area (Å²) in [7, 11) is 0. The van der Waals surface area contributed by atoms with E-state index in [2.05, 4.69) is 5.32 Å². The molecule has 2 rings (SSSR count). The second-order valence-corrected chi connectivity index (χ2v) is 7.42. The molecule has 1 aromatic carbocycles. The molecule has 1 saturated carbocycles. The van der Waals surface area contributed by atoms with Crippen molar-refractivity contribution in [1.29, 1.82) is 0 Å². The van der Waals surface area contributed by atoms with Gasteiger partial charge in [-0.3, -0.25) is 10.1 Å². The lowest BCUT2D eigenvalue weighted by molar-refractivity contribution is -0.144. The van der Waals surface area contributed by atoms with Crippen LogP contribution in [-0.4, -0.2) is 28.4 Å². The van der Waals surface area contributed by atoms with Crippen molar-refractivity contribution in [2.75, 3.05) is 5.75 Å². The summed E-state index contributed by atoms with van der Waals surface area (Å²) in [4.78, 5) is 12.6. The van der Waals surface area contributed by atoms with Gasteiger partial charge in [0.25, 0.3) is 0 Å². The Morgan fingerprint density at radius 1 is 1.38 bits per heavy atom. The number of nitrogens with one attached hydrogen (secondary N) is 1. The van der Waals surface area contributed by atoms with Gasteiger partial charge >= 0.3 is 5.97 Å². The van der Waals surface area contributed by atoms with E-state index in [-0.39, 0.29) is 0 Å². The van der Waals surface area contributed by atoms with Gasteiger partial charge in [-0.1, -0.05) is 18.0 Å². The van der Waals surface area contributed by atoms with E-state index in [1.807, 2.05) is 24.3 Å². The minimum absolute atomic E-state index is 0.412. The van der Waals surface area contributed by atoms with Crippen LogP contribution in [0, 0.1) is 0 Å². The minimum Gasteiger partial charge on any atom is -0.480 e. The van der Waals surface area contributed by atoms with E-state index in [9.17, 15) is 9.90 Å². The number of unbranched alkanes of at least 4 members (excludes halogenated alkanes) is 1. The standard InChI is InChI=1S/C16H22ClNO2S/c1-16(15(19)20,18-13-6-7-13)10-2-3-11-21-14-8-4-12(17)5-9-14/h4-5,8-9,13,18H,2-3,6-7,10-11H2,1H3,(H,19,20). The van der Waals surface area contributed by atoms with Crippen LogP contribution in [0.5, 0.6) is 0 Å². The van der Waals surface area contributed by atoms with Crippen LogP contribution in [0.4, 0.5) is 0 Å². The highest BCUT2D eigenvalue weighted by Gasteiger charge is 2.37. The summed E-state index contributed by atoms with van der Waals surface area (Å²) in [6.45, 7) is 1.81. The fourth-order valence-corrected chi connectivity index (χ4v) is 3.26. The lowest BCUT2D eigenvalue weighted by Gasteiger charge is -2.26. The molecule has 1 aromatic rings. The first-order valence-corrected chi connectivity index (χ1v) is 8.75. The van der Waals surface area contributed by atoms with Gasteiger partial charge in [-0.05, 0) is 62.6 Å². The van der Waals surface area contributed by atoms with Crippen LogP contribution < -0.4 is 5.32 Å². The van der Waals surface area contributed by atoms with E-state index >= 15 is 0 Å². The Morgan fingerprint density at radius 3 is 2.62 bits per heavy atom. The van der Waals surface area contributed by atoms with Gasteiger partial charge in [-0.2, -0.15) is 0 Å². The SMILES string of the molecule is CC(CCCCSc1ccc(Cl)cc1)(NC1CC1)C(=O)O. The van der Waals surface area contributed by atoms with E-state index in [1.54, 1.807) is 18.7 Å². The van der Waals surface area contributed by atoms with Crippen molar-refractivity contribution in [3.05, 3.63) is 29.3 Å². The average molecular weight is 328 g/mol. The zero-order chi connectivity index (χ0) is 15.3. The first-order valence-electron chi connectivity index (χ1n) is 7.39. The van der Waals surface area contributed by atoms with Gasteiger partial charge in [0, 0.05) is 16.0 Å². The number of thioether (sulfide) groups is 1. The molecular weight excluding hydrogens is 306 g/mol. The lowest BCUT2D eigenvalue weighted by Crippen LogP contribution is -2.50. The Kier molecular flexibility index (Phi) is 5.97. The summed E-state index contributed by atoms with van der Waals surface area (Å²) < 4.78 is 0. The summed E-state index contributed by atoms with van der Waals surface area (Å²) in [6, 6.07) is 8.23. The Bertz CT molecular complexity index is 476. The smallest absolute Gasteiger partial charge is 0.323 e. The predicted octanol–water partition coefficient (Wildman–Crippen LogP) is 4.20. The van der Waals surface area contributed by atoms with E-state index in [4.69, 9.17) is 11.6 Å². The van der Waals surface area contributed by atoms with Crippen molar-refractivity contribution in [2.45, 2.75) is 55.5 Å². The number of halogens is 1. The van der Waals surface area contributed by atoms with Crippen LogP contribution in [-0.2, 0) is 4.79 Å². The zero-order valence-electron chi connectivity index (χ0n) is 12.3. The molecule has 0 aliphatic heterocycles. The van der Waals surface area contributed by atoms with Crippen LogP contribution in [0.15, 0.2) is 29.2 Å². The van der Waals surface area contributed by atoms with Crippen LogP contribution in [0.1, 0.15) is 39.0 Å². The van der Waals surface area contributed by atoms with E-state index < -0.39 is 11.5 Å². The van der Waals surface area contributed by atoms with Crippen molar-refractivity contribution >= 4 is 29.3 Å². The maximum absolute atomic E-state index is 11.4. The van der Waals surface area contributed by atoms with Crippen molar-refractivity contribution in [1.82, 2.24) is 5.32 Å². The number of rotatable bonds is 9. The molecule has 116 valence electrons. The van der Waals surface area contributed by atoms with Crippen molar-refractivity contribution in [2.24, 2.45) is 0 Å². The number of carbonyl (C=O) groups is 1. The summed E-state index contributed by atoms with van der Waals surface area (Å²) in [5.74, 6) is 0.264. The van der Waals surface area contributed by atoms with E-state index in [1.165, 1.54) is 4.90 Å². The van der Waals surface area contributed by atoms with Gasteiger partial charge in [0.15, 0.2) is 0 Å². The molecule has 0 spiro atoms. The van der Waals surface area contributed by atoms with Gasteiger partial charge < -0.3 is 5.11 Å². The zero-order valence-corrected chi connectivity index (χ0v) is 13.8. The number of hydrogen-bond acceptors (Lipinski definition) is 3. The largest absolute Gasteiger partial charge is 0.480 e. The number of carboxylic acid groups (broad SMARTS) is 1. The third-order valence-corrected chi connectivity index (χ3v) is 5.08. The van der Waals surface area contributed by atoms with Crippen molar-refractivity contribution < 1.29 is 9.90 Å². The lowest BCUT2D eigenvalue weighted by atomic mass is 9.95. The molecule has 1 atom stereocenters. The fraction of sp³-hybridized carbons (Fsp3) is 0.562. The fourth-order valence-electron chi connectivity index (χ4n) is 2.22. The van der Waals surface area contributed by atoms with Gasteiger partial charge in [-0.25, -0.2) is 0 Å². The summed E-state index contributed by atoms with van der Waals surface area (Å²) in [5, 5.41) is 13.4. The molecule has 1 aliphatic carbocycles. The average Bonchev–Trinajstić information content (AvgIpc) is 3.24. The first kappa shape index (κ1) is 16.7. The molecule has 0 bridgehead atoms. The number of hydrogen-bond donors (Lipinski definition) is 2. The van der Waals surface area contributed by atoms with Crippen LogP contribution in [0.25, 0.3) is 0 Å². The van der Waals surface area contributed by atoms with E-state index in [0.29, 0.717) is 12.5 Å². The molecule has 5 heteroatoms. The molecule has 1 unspecified atom stereocenters. The number of aliphatic carboxylic acids is 1. The molecular formula is C16H22ClNO2S. The third kappa shape index (κ3) is 5.53. The molecule has 0 heterocycles. The van der Waals surface area contributed by atoms with Crippen LogP contribution >= 0.6 is 23.4 Å². The Morgan fingerprint density at radius 2 is 2.05 bits per heavy atom. The van der Waals surface area contributed by atoms with Gasteiger partial charge in [0.1, 0.15) is 5.54 Å². The van der Waals surface area contributed by atoms with Gasteiger partial charge in [0.2, 0.25) is 0 Å². The third-order valence-electron chi connectivity index (χ3n) is 3.73. The van der Waals surface area contributed by atoms with E-state index in [0.717, 1.165) is 36.5 Å². The molecule has 0 amide bonds. The molecule has 2 N–H and O–H groups in total.